The fraction of sp³-hybridized carbons (Fsp3) is 0.471. The van der Waals surface area contributed by atoms with Crippen LogP contribution in [0.4, 0.5) is 0 Å². The first kappa shape index (κ1) is 14.8. The third kappa shape index (κ3) is 2.63. The van der Waals surface area contributed by atoms with E-state index in [9.17, 15) is 4.79 Å². The van der Waals surface area contributed by atoms with Gasteiger partial charge in [-0.25, -0.2) is 0 Å². The Kier molecular flexibility index (Phi) is 4.29. The molecule has 2 rings (SSSR count). The third-order valence-electron chi connectivity index (χ3n) is 3.88. The molecule has 0 aliphatic heterocycles. The van der Waals surface area contributed by atoms with Crippen LogP contribution in [0.15, 0.2) is 30.5 Å². The molecule has 0 aliphatic carbocycles. The van der Waals surface area contributed by atoms with E-state index in [2.05, 4.69) is 13.0 Å². The average Bonchev–Trinajstić information content (AvgIpc) is 2.77. The molecule has 108 valence electrons. The van der Waals surface area contributed by atoms with Gasteiger partial charge in [0.05, 0.1) is 5.52 Å². The van der Waals surface area contributed by atoms with Crippen LogP contribution in [0.25, 0.3) is 10.9 Å². The van der Waals surface area contributed by atoms with Gasteiger partial charge in [0.2, 0.25) is 5.91 Å². The first-order chi connectivity index (χ1) is 9.51. The number of aromatic nitrogens is 1. The van der Waals surface area contributed by atoms with Crippen LogP contribution < -0.4 is 5.73 Å². The number of carbonyl (C=O) groups excluding carboxylic acids is 1. The number of carbonyl (C=O) groups is 1. The SMILES string of the molecule is CCCC(C)(C)C(=O)n1cc(CCN)c2ccccc21. The number of fused-ring (bicyclic) bond motifs is 1. The molecule has 0 aliphatic rings. The predicted octanol–water partition coefficient (Wildman–Crippen LogP) is 3.61. The Bertz CT molecular complexity index is 610. The number of para-hydroxylation sites is 1. The van der Waals surface area contributed by atoms with Gasteiger partial charge in [-0.15, -0.1) is 0 Å². The smallest absolute Gasteiger partial charge is 0.236 e. The lowest BCUT2D eigenvalue weighted by atomic mass is 9.87. The number of rotatable bonds is 5. The maximum atomic E-state index is 12.8. The molecule has 3 nitrogen and oxygen atoms in total. The first-order valence-corrected chi connectivity index (χ1v) is 7.35. The van der Waals surface area contributed by atoms with Gasteiger partial charge < -0.3 is 5.73 Å². The van der Waals surface area contributed by atoms with Crippen molar-refractivity contribution in [1.29, 1.82) is 0 Å². The Morgan fingerprint density at radius 2 is 2.00 bits per heavy atom. The summed E-state index contributed by atoms with van der Waals surface area (Å²) in [5.74, 6) is 0.166. The van der Waals surface area contributed by atoms with Crippen LogP contribution in [0.3, 0.4) is 0 Å². The van der Waals surface area contributed by atoms with E-state index in [-0.39, 0.29) is 11.3 Å². The maximum Gasteiger partial charge on any atom is 0.236 e. The fourth-order valence-corrected chi connectivity index (χ4v) is 2.83. The van der Waals surface area contributed by atoms with Crippen LogP contribution in [-0.4, -0.2) is 17.0 Å². The van der Waals surface area contributed by atoms with Crippen LogP contribution in [0.1, 0.15) is 44.0 Å². The number of benzene rings is 1. The van der Waals surface area contributed by atoms with Gasteiger partial charge in [-0.2, -0.15) is 0 Å². The zero-order valence-corrected chi connectivity index (χ0v) is 12.6. The second-order valence-corrected chi connectivity index (χ2v) is 6.02. The van der Waals surface area contributed by atoms with Gasteiger partial charge in [-0.05, 0) is 31.0 Å². The lowest BCUT2D eigenvalue weighted by Crippen LogP contribution is -2.29. The van der Waals surface area contributed by atoms with E-state index >= 15 is 0 Å². The van der Waals surface area contributed by atoms with Crippen LogP contribution in [-0.2, 0) is 6.42 Å². The van der Waals surface area contributed by atoms with E-state index in [1.54, 1.807) is 0 Å². The Balaban J connectivity index is 2.52. The summed E-state index contributed by atoms with van der Waals surface area (Å²) in [5.41, 5.74) is 7.49. The summed E-state index contributed by atoms with van der Waals surface area (Å²) in [4.78, 5) is 12.8. The molecule has 2 aromatic rings. The molecule has 1 aromatic carbocycles. The van der Waals surface area contributed by atoms with E-state index < -0.39 is 0 Å². The molecule has 0 radical (unpaired) electrons. The topological polar surface area (TPSA) is 48.0 Å². The Hall–Kier alpha value is -1.61. The highest BCUT2D eigenvalue weighted by molar-refractivity contribution is 5.96. The molecule has 1 aromatic heterocycles. The summed E-state index contributed by atoms with van der Waals surface area (Å²) < 4.78 is 1.82. The lowest BCUT2D eigenvalue weighted by molar-refractivity contribution is 0.0737. The van der Waals surface area contributed by atoms with Gasteiger partial charge >= 0.3 is 0 Å². The van der Waals surface area contributed by atoms with E-state index in [0.717, 1.165) is 35.7 Å². The van der Waals surface area contributed by atoms with E-state index in [4.69, 9.17) is 5.73 Å². The molecular formula is C17H24N2O. The monoisotopic (exact) mass is 272 g/mol. The molecule has 2 N–H and O–H groups in total. The van der Waals surface area contributed by atoms with E-state index in [1.807, 2.05) is 42.8 Å². The van der Waals surface area contributed by atoms with Crippen LogP contribution in [0.2, 0.25) is 0 Å². The summed E-state index contributed by atoms with van der Waals surface area (Å²) in [5, 5.41) is 1.14. The van der Waals surface area contributed by atoms with Crippen molar-refractivity contribution in [3.63, 3.8) is 0 Å². The highest BCUT2D eigenvalue weighted by Crippen LogP contribution is 2.29. The van der Waals surface area contributed by atoms with Gasteiger partial charge in [0.1, 0.15) is 0 Å². The zero-order valence-electron chi connectivity index (χ0n) is 12.6. The highest BCUT2D eigenvalue weighted by Gasteiger charge is 2.29. The molecule has 0 spiro atoms. The molecule has 1 heterocycles. The van der Waals surface area contributed by atoms with Crippen molar-refractivity contribution in [2.45, 2.75) is 40.0 Å². The van der Waals surface area contributed by atoms with Crippen LogP contribution >= 0.6 is 0 Å². The van der Waals surface area contributed by atoms with Crippen molar-refractivity contribution in [2.75, 3.05) is 6.54 Å². The number of hydrogen-bond acceptors (Lipinski definition) is 2. The van der Waals surface area contributed by atoms with Gasteiger partial charge in [-0.3, -0.25) is 9.36 Å². The first-order valence-electron chi connectivity index (χ1n) is 7.35. The fourth-order valence-electron chi connectivity index (χ4n) is 2.83. The summed E-state index contributed by atoms with van der Waals surface area (Å²) in [6.07, 6.45) is 4.67. The largest absolute Gasteiger partial charge is 0.330 e. The molecule has 0 amide bonds. The standard InChI is InChI=1S/C17H24N2O/c1-4-10-17(2,3)16(20)19-12-13(9-11-18)14-7-5-6-8-15(14)19/h5-8,12H,4,9-11,18H2,1-3H3. The van der Waals surface area contributed by atoms with Gasteiger partial charge in [0.15, 0.2) is 0 Å². The molecule has 0 atom stereocenters. The van der Waals surface area contributed by atoms with Crippen LogP contribution in [0.5, 0.6) is 0 Å². The lowest BCUT2D eigenvalue weighted by Gasteiger charge is -2.23. The minimum Gasteiger partial charge on any atom is -0.330 e. The normalized spacial score (nSPS) is 12.0. The second kappa shape index (κ2) is 5.80. The number of nitrogens with two attached hydrogens (primary N) is 1. The maximum absolute atomic E-state index is 12.8. The van der Waals surface area contributed by atoms with Gasteiger partial charge in [0, 0.05) is 17.0 Å². The molecule has 0 saturated carbocycles. The Morgan fingerprint density at radius 1 is 1.30 bits per heavy atom. The minimum absolute atomic E-state index is 0.166. The zero-order chi connectivity index (χ0) is 14.8. The highest BCUT2D eigenvalue weighted by atomic mass is 16.2. The second-order valence-electron chi connectivity index (χ2n) is 6.02. The summed E-state index contributed by atoms with van der Waals surface area (Å²) in [6.45, 7) is 6.76. The molecule has 0 fully saturated rings. The Morgan fingerprint density at radius 3 is 2.65 bits per heavy atom. The Labute approximate surface area is 120 Å². The van der Waals surface area contributed by atoms with Crippen molar-refractivity contribution in [3.8, 4) is 0 Å². The van der Waals surface area contributed by atoms with Gasteiger partial charge in [-0.1, -0.05) is 45.4 Å². The van der Waals surface area contributed by atoms with Crippen molar-refractivity contribution < 1.29 is 4.79 Å². The minimum atomic E-state index is -0.337. The van der Waals surface area contributed by atoms with E-state index in [1.165, 1.54) is 0 Å². The van der Waals surface area contributed by atoms with Crippen molar-refractivity contribution >= 4 is 16.8 Å². The molecular weight excluding hydrogens is 248 g/mol. The number of hydrogen-bond donors (Lipinski definition) is 1. The summed E-state index contributed by atoms with van der Waals surface area (Å²) >= 11 is 0. The molecule has 0 saturated heterocycles. The molecule has 0 unspecified atom stereocenters. The molecule has 3 heteroatoms. The number of nitrogens with zero attached hydrogens (tertiary/aromatic N) is 1. The average molecular weight is 272 g/mol. The quantitative estimate of drug-likeness (QED) is 0.904. The van der Waals surface area contributed by atoms with Crippen molar-refractivity contribution in [1.82, 2.24) is 4.57 Å². The predicted molar refractivity (Wildman–Crippen MR) is 84.0 cm³/mol. The molecule has 0 bridgehead atoms. The summed E-state index contributed by atoms with van der Waals surface area (Å²) in [7, 11) is 0. The van der Waals surface area contributed by atoms with Crippen LogP contribution in [0, 0.1) is 5.41 Å². The van der Waals surface area contributed by atoms with E-state index in [0.29, 0.717) is 6.54 Å². The van der Waals surface area contributed by atoms with Crippen molar-refractivity contribution in [2.24, 2.45) is 11.1 Å². The summed E-state index contributed by atoms with van der Waals surface area (Å²) in [6, 6.07) is 8.06. The van der Waals surface area contributed by atoms with Crippen molar-refractivity contribution in [3.05, 3.63) is 36.0 Å². The van der Waals surface area contributed by atoms with Gasteiger partial charge in [0.25, 0.3) is 0 Å². The third-order valence-corrected chi connectivity index (χ3v) is 3.88. The molecule has 20 heavy (non-hydrogen) atoms.